The van der Waals surface area contributed by atoms with Gasteiger partial charge >= 0.3 is 0 Å². The summed E-state index contributed by atoms with van der Waals surface area (Å²) in [6.45, 7) is 0.683. The Hall–Kier alpha value is -0.960. The lowest BCUT2D eigenvalue weighted by molar-refractivity contribution is 0.620. The number of nitrogens with two attached hydrogens (primary N) is 1. The van der Waals surface area contributed by atoms with Crippen LogP contribution in [0.4, 0.5) is 4.39 Å². The molecule has 0 aliphatic heterocycles. The third kappa shape index (κ3) is 1.32. The number of pyridine rings is 1. The molecule has 2 N–H and O–H groups in total. The predicted molar refractivity (Wildman–Crippen MR) is 44.1 cm³/mol. The van der Waals surface area contributed by atoms with Crippen LogP contribution in [0.3, 0.4) is 0 Å². The Balaban J connectivity index is 2.14. The van der Waals surface area contributed by atoms with Crippen LogP contribution in [0.2, 0.25) is 0 Å². The Morgan fingerprint density at radius 3 is 3.08 bits per heavy atom. The predicted octanol–water partition coefficient (Wildman–Crippen LogP) is 1.28. The van der Waals surface area contributed by atoms with Crippen molar-refractivity contribution in [3.8, 4) is 0 Å². The smallest absolute Gasteiger partial charge is 0.126 e. The molecule has 1 aliphatic carbocycles. The Morgan fingerprint density at radius 1 is 1.67 bits per heavy atom. The maximum Gasteiger partial charge on any atom is 0.126 e. The van der Waals surface area contributed by atoms with Crippen molar-refractivity contribution in [3.63, 3.8) is 0 Å². The van der Waals surface area contributed by atoms with Crippen LogP contribution in [0.15, 0.2) is 18.3 Å². The monoisotopic (exact) mass is 166 g/mol. The SMILES string of the molecule is NCC1CC1c1cc(F)ccn1. The Morgan fingerprint density at radius 2 is 2.50 bits per heavy atom. The fourth-order valence-electron chi connectivity index (χ4n) is 1.49. The molecule has 0 saturated heterocycles. The van der Waals surface area contributed by atoms with Crippen LogP contribution in [-0.2, 0) is 0 Å². The summed E-state index contributed by atoms with van der Waals surface area (Å²) in [7, 11) is 0. The zero-order valence-electron chi connectivity index (χ0n) is 6.70. The molecule has 0 aromatic carbocycles. The van der Waals surface area contributed by atoms with Gasteiger partial charge in [0.25, 0.3) is 0 Å². The molecule has 1 aromatic rings. The molecule has 3 heteroatoms. The standard InChI is InChI=1S/C9H11FN2/c10-7-1-2-12-9(4-7)8-3-6(8)5-11/h1-2,4,6,8H,3,5,11H2. The molecule has 0 spiro atoms. The number of hydrogen-bond donors (Lipinski definition) is 1. The summed E-state index contributed by atoms with van der Waals surface area (Å²) >= 11 is 0. The number of halogens is 1. The minimum Gasteiger partial charge on any atom is -0.330 e. The first-order valence-electron chi connectivity index (χ1n) is 4.13. The Kier molecular flexibility index (Phi) is 1.81. The Bertz CT molecular complexity index is 288. The topological polar surface area (TPSA) is 38.9 Å². The highest BCUT2D eigenvalue weighted by molar-refractivity contribution is 5.18. The van der Waals surface area contributed by atoms with E-state index in [1.165, 1.54) is 18.3 Å². The molecule has 0 bridgehead atoms. The molecule has 1 fully saturated rings. The zero-order chi connectivity index (χ0) is 8.55. The summed E-state index contributed by atoms with van der Waals surface area (Å²) in [4.78, 5) is 4.10. The lowest BCUT2D eigenvalue weighted by atomic mass is 10.2. The maximum absolute atomic E-state index is 12.7. The molecule has 0 radical (unpaired) electrons. The fraction of sp³-hybridized carbons (Fsp3) is 0.444. The first kappa shape index (κ1) is 7.68. The third-order valence-corrected chi connectivity index (χ3v) is 2.35. The van der Waals surface area contributed by atoms with Crippen molar-refractivity contribution >= 4 is 0 Å². The summed E-state index contributed by atoms with van der Waals surface area (Å²) < 4.78 is 12.7. The molecule has 2 rings (SSSR count). The van der Waals surface area contributed by atoms with E-state index in [0.717, 1.165) is 12.1 Å². The summed E-state index contributed by atoms with van der Waals surface area (Å²) in [5.74, 6) is 0.729. The van der Waals surface area contributed by atoms with E-state index in [9.17, 15) is 4.39 Å². The number of rotatable bonds is 2. The van der Waals surface area contributed by atoms with Crippen LogP contribution in [-0.4, -0.2) is 11.5 Å². The van der Waals surface area contributed by atoms with Gasteiger partial charge in [-0.1, -0.05) is 0 Å². The molecule has 1 aromatic heterocycles. The lowest BCUT2D eigenvalue weighted by Gasteiger charge is -1.96. The van der Waals surface area contributed by atoms with E-state index in [1.54, 1.807) is 0 Å². The van der Waals surface area contributed by atoms with E-state index < -0.39 is 0 Å². The van der Waals surface area contributed by atoms with Crippen LogP contribution in [0.1, 0.15) is 18.0 Å². The number of nitrogens with zero attached hydrogens (tertiary/aromatic N) is 1. The molecule has 1 saturated carbocycles. The fourth-order valence-corrected chi connectivity index (χ4v) is 1.49. The Labute approximate surface area is 70.6 Å². The third-order valence-electron chi connectivity index (χ3n) is 2.35. The van der Waals surface area contributed by atoms with Crippen LogP contribution in [0, 0.1) is 11.7 Å². The average molecular weight is 166 g/mol. The van der Waals surface area contributed by atoms with Gasteiger partial charge in [-0.05, 0) is 31.0 Å². The van der Waals surface area contributed by atoms with E-state index in [2.05, 4.69) is 4.98 Å². The lowest BCUT2D eigenvalue weighted by Crippen LogP contribution is -2.02. The van der Waals surface area contributed by atoms with Crippen molar-refractivity contribution < 1.29 is 4.39 Å². The quantitative estimate of drug-likeness (QED) is 0.718. The van der Waals surface area contributed by atoms with Crippen molar-refractivity contribution in [2.24, 2.45) is 11.7 Å². The maximum atomic E-state index is 12.7. The van der Waals surface area contributed by atoms with Crippen molar-refractivity contribution in [1.29, 1.82) is 0 Å². The highest BCUT2D eigenvalue weighted by Gasteiger charge is 2.38. The van der Waals surface area contributed by atoms with Crippen molar-refractivity contribution in [2.45, 2.75) is 12.3 Å². The zero-order valence-corrected chi connectivity index (χ0v) is 6.70. The minimum atomic E-state index is -0.206. The van der Waals surface area contributed by atoms with Crippen LogP contribution in [0.25, 0.3) is 0 Å². The average Bonchev–Trinajstić information content (AvgIpc) is 2.83. The van der Waals surface area contributed by atoms with E-state index in [1.807, 2.05) is 0 Å². The molecule has 2 nitrogen and oxygen atoms in total. The summed E-state index contributed by atoms with van der Waals surface area (Å²) in [6.07, 6.45) is 2.57. The van der Waals surface area contributed by atoms with E-state index >= 15 is 0 Å². The van der Waals surface area contributed by atoms with Gasteiger partial charge < -0.3 is 5.73 Å². The van der Waals surface area contributed by atoms with Crippen molar-refractivity contribution in [2.75, 3.05) is 6.54 Å². The molecule has 1 heterocycles. The second-order valence-electron chi connectivity index (χ2n) is 3.24. The van der Waals surface area contributed by atoms with E-state index in [4.69, 9.17) is 5.73 Å². The minimum absolute atomic E-state index is 0.206. The molecule has 12 heavy (non-hydrogen) atoms. The van der Waals surface area contributed by atoms with Gasteiger partial charge in [-0.3, -0.25) is 4.98 Å². The molecule has 0 amide bonds. The van der Waals surface area contributed by atoms with E-state index in [-0.39, 0.29) is 5.82 Å². The van der Waals surface area contributed by atoms with Crippen LogP contribution in [0.5, 0.6) is 0 Å². The first-order chi connectivity index (χ1) is 5.81. The van der Waals surface area contributed by atoms with Gasteiger partial charge in [0, 0.05) is 17.8 Å². The van der Waals surface area contributed by atoms with Crippen LogP contribution >= 0.6 is 0 Å². The summed E-state index contributed by atoms with van der Waals surface area (Å²) in [5.41, 5.74) is 6.33. The largest absolute Gasteiger partial charge is 0.330 e. The second-order valence-corrected chi connectivity index (χ2v) is 3.24. The number of aromatic nitrogens is 1. The molecule has 2 atom stereocenters. The molecule has 2 unspecified atom stereocenters. The van der Waals surface area contributed by atoms with E-state index in [0.29, 0.717) is 18.4 Å². The van der Waals surface area contributed by atoms with Crippen molar-refractivity contribution in [3.05, 3.63) is 29.8 Å². The van der Waals surface area contributed by atoms with Gasteiger partial charge in [-0.25, -0.2) is 4.39 Å². The van der Waals surface area contributed by atoms with Crippen molar-refractivity contribution in [1.82, 2.24) is 4.98 Å². The second kappa shape index (κ2) is 2.83. The van der Waals surface area contributed by atoms with Gasteiger partial charge in [-0.15, -0.1) is 0 Å². The molecule has 1 aliphatic rings. The van der Waals surface area contributed by atoms with Crippen LogP contribution < -0.4 is 5.73 Å². The van der Waals surface area contributed by atoms with Gasteiger partial charge in [-0.2, -0.15) is 0 Å². The summed E-state index contributed by atoms with van der Waals surface area (Å²) in [6, 6.07) is 2.86. The van der Waals surface area contributed by atoms with Gasteiger partial charge in [0.1, 0.15) is 5.82 Å². The molecule has 64 valence electrons. The van der Waals surface area contributed by atoms with Gasteiger partial charge in [0.05, 0.1) is 0 Å². The highest BCUT2D eigenvalue weighted by atomic mass is 19.1. The van der Waals surface area contributed by atoms with Gasteiger partial charge in [0.15, 0.2) is 0 Å². The number of hydrogen-bond acceptors (Lipinski definition) is 2. The summed E-state index contributed by atoms with van der Waals surface area (Å²) in [5, 5.41) is 0. The highest BCUT2D eigenvalue weighted by Crippen LogP contribution is 2.45. The first-order valence-corrected chi connectivity index (χ1v) is 4.13. The van der Waals surface area contributed by atoms with Gasteiger partial charge in [0.2, 0.25) is 0 Å². The normalized spacial score (nSPS) is 27.2. The molecular formula is C9H11FN2. The molecular weight excluding hydrogens is 155 g/mol.